The Kier molecular flexibility index (Phi) is 5.37. The molecule has 0 bridgehead atoms. The fourth-order valence-electron chi connectivity index (χ4n) is 5.05. The number of para-hydroxylation sites is 1. The lowest BCUT2D eigenvalue weighted by Gasteiger charge is -2.29. The van der Waals surface area contributed by atoms with Crippen molar-refractivity contribution in [2.75, 3.05) is 11.4 Å². The van der Waals surface area contributed by atoms with E-state index in [-0.39, 0.29) is 5.56 Å². The van der Waals surface area contributed by atoms with Gasteiger partial charge in [-0.1, -0.05) is 61.5 Å². The van der Waals surface area contributed by atoms with Crippen molar-refractivity contribution in [1.29, 1.82) is 0 Å². The fraction of sp³-hybridized carbons (Fsp3) is 0.214. The molecular weight excluding hydrogens is 436 g/mol. The molecule has 0 spiro atoms. The maximum absolute atomic E-state index is 13.5. The van der Waals surface area contributed by atoms with E-state index in [1.165, 1.54) is 11.1 Å². The van der Waals surface area contributed by atoms with Crippen molar-refractivity contribution in [3.05, 3.63) is 117 Å². The van der Waals surface area contributed by atoms with Crippen LogP contribution in [0, 0.1) is 0 Å². The van der Waals surface area contributed by atoms with Gasteiger partial charge in [-0.2, -0.15) is 0 Å². The van der Waals surface area contributed by atoms with Crippen LogP contribution in [0.4, 0.5) is 5.69 Å². The first kappa shape index (κ1) is 21.3. The maximum atomic E-state index is 13.5. The fourth-order valence-corrected chi connectivity index (χ4v) is 5.05. The summed E-state index contributed by atoms with van der Waals surface area (Å²) in [7, 11) is 0. The van der Waals surface area contributed by atoms with E-state index in [1.54, 1.807) is 0 Å². The number of hydrogen-bond donors (Lipinski definition) is 1. The second-order valence-electron chi connectivity index (χ2n) is 8.98. The van der Waals surface area contributed by atoms with Gasteiger partial charge in [0.2, 0.25) is 0 Å². The molecule has 1 aliphatic rings. The van der Waals surface area contributed by atoms with Crippen LogP contribution in [-0.4, -0.2) is 31.7 Å². The SMILES string of the molecule is CCc1ccc2[nH]c(=O)c(C(c3nnnn3Cc3ccccc3)N3CCc4ccccc43)cc2c1. The number of nitrogens with zero attached hydrogens (tertiary/aromatic N) is 5. The summed E-state index contributed by atoms with van der Waals surface area (Å²) in [5, 5.41) is 13.8. The number of anilines is 1. The third kappa shape index (κ3) is 3.89. The number of H-pyrrole nitrogens is 1. The van der Waals surface area contributed by atoms with E-state index in [4.69, 9.17) is 0 Å². The Morgan fingerprint density at radius 1 is 0.971 bits per heavy atom. The van der Waals surface area contributed by atoms with Crippen LogP contribution >= 0.6 is 0 Å². The van der Waals surface area contributed by atoms with E-state index in [1.807, 2.05) is 41.1 Å². The lowest BCUT2D eigenvalue weighted by atomic mass is 10.0. The molecule has 0 fully saturated rings. The first-order chi connectivity index (χ1) is 17.2. The summed E-state index contributed by atoms with van der Waals surface area (Å²) >= 11 is 0. The van der Waals surface area contributed by atoms with Gasteiger partial charge in [-0.05, 0) is 69.6 Å². The molecule has 0 aliphatic carbocycles. The Hall–Kier alpha value is -4.26. The van der Waals surface area contributed by atoms with E-state index < -0.39 is 6.04 Å². The average molecular weight is 463 g/mol. The Balaban J connectivity index is 1.53. The minimum Gasteiger partial charge on any atom is -0.357 e. The maximum Gasteiger partial charge on any atom is 0.254 e. The first-order valence-corrected chi connectivity index (χ1v) is 12.0. The Morgan fingerprint density at radius 2 is 1.80 bits per heavy atom. The highest BCUT2D eigenvalue weighted by Crippen LogP contribution is 2.37. The Bertz CT molecular complexity index is 1560. The Labute approximate surface area is 203 Å². The van der Waals surface area contributed by atoms with Gasteiger partial charge in [0.05, 0.1) is 6.54 Å². The molecular formula is C28H26N6O. The van der Waals surface area contributed by atoms with Crippen LogP contribution in [0.3, 0.4) is 0 Å². The molecule has 5 aromatic rings. The molecule has 0 radical (unpaired) electrons. The number of nitrogens with one attached hydrogen (secondary N) is 1. The summed E-state index contributed by atoms with van der Waals surface area (Å²) in [6.45, 7) is 3.45. The second-order valence-corrected chi connectivity index (χ2v) is 8.98. The zero-order valence-electron chi connectivity index (χ0n) is 19.6. The summed E-state index contributed by atoms with van der Waals surface area (Å²) in [5.41, 5.74) is 6.07. The highest BCUT2D eigenvalue weighted by Gasteiger charge is 2.34. The lowest BCUT2D eigenvalue weighted by Crippen LogP contribution is -2.34. The quantitative estimate of drug-likeness (QED) is 0.408. The van der Waals surface area contributed by atoms with Crippen molar-refractivity contribution < 1.29 is 0 Å². The number of rotatable bonds is 6. The zero-order valence-corrected chi connectivity index (χ0v) is 19.6. The second kappa shape index (κ2) is 8.83. The highest BCUT2D eigenvalue weighted by molar-refractivity contribution is 5.80. The number of hydrogen-bond acceptors (Lipinski definition) is 5. The molecule has 3 aromatic carbocycles. The van der Waals surface area contributed by atoms with Crippen LogP contribution in [0.15, 0.2) is 83.7 Å². The molecule has 1 aliphatic heterocycles. The van der Waals surface area contributed by atoms with Crippen LogP contribution in [0.25, 0.3) is 10.9 Å². The molecule has 0 saturated heterocycles. The largest absolute Gasteiger partial charge is 0.357 e. The molecule has 1 N–H and O–H groups in total. The van der Waals surface area contributed by atoms with E-state index in [0.29, 0.717) is 17.9 Å². The van der Waals surface area contributed by atoms with Gasteiger partial charge in [0.1, 0.15) is 6.04 Å². The van der Waals surface area contributed by atoms with Gasteiger partial charge in [-0.15, -0.1) is 5.10 Å². The van der Waals surface area contributed by atoms with Gasteiger partial charge in [0.25, 0.3) is 5.56 Å². The third-order valence-corrected chi connectivity index (χ3v) is 6.85. The number of aryl methyl sites for hydroxylation is 1. The van der Waals surface area contributed by atoms with Crippen molar-refractivity contribution in [2.45, 2.75) is 32.4 Å². The van der Waals surface area contributed by atoms with Gasteiger partial charge in [-0.25, -0.2) is 4.68 Å². The van der Waals surface area contributed by atoms with E-state index in [0.717, 1.165) is 41.5 Å². The number of aromatic amines is 1. The predicted molar refractivity (Wildman–Crippen MR) is 137 cm³/mol. The third-order valence-electron chi connectivity index (χ3n) is 6.85. The van der Waals surface area contributed by atoms with Crippen LogP contribution in [0.1, 0.15) is 41.0 Å². The zero-order chi connectivity index (χ0) is 23.8. The molecule has 3 heterocycles. The molecule has 174 valence electrons. The van der Waals surface area contributed by atoms with Gasteiger partial charge in [0.15, 0.2) is 5.82 Å². The summed E-state index contributed by atoms with van der Waals surface area (Å²) in [6.07, 6.45) is 1.85. The van der Waals surface area contributed by atoms with Gasteiger partial charge >= 0.3 is 0 Å². The van der Waals surface area contributed by atoms with Gasteiger partial charge < -0.3 is 9.88 Å². The highest BCUT2D eigenvalue weighted by atomic mass is 16.1. The standard InChI is InChI=1S/C28H26N6O/c1-2-19-12-13-24-22(16-19)17-23(28(35)29-24)26(33-15-14-21-10-6-7-11-25(21)33)27-30-31-32-34(27)18-20-8-4-3-5-9-20/h3-13,16-17,26H,2,14-15,18H2,1H3,(H,29,35). The first-order valence-electron chi connectivity index (χ1n) is 12.0. The molecule has 0 saturated carbocycles. The van der Waals surface area contributed by atoms with E-state index in [9.17, 15) is 4.79 Å². The van der Waals surface area contributed by atoms with Crippen molar-refractivity contribution >= 4 is 16.6 Å². The molecule has 7 heteroatoms. The minimum absolute atomic E-state index is 0.120. The summed E-state index contributed by atoms with van der Waals surface area (Å²) in [5.74, 6) is 0.655. The van der Waals surface area contributed by atoms with Crippen molar-refractivity contribution in [3.63, 3.8) is 0 Å². The van der Waals surface area contributed by atoms with Crippen LogP contribution in [0.5, 0.6) is 0 Å². The topological polar surface area (TPSA) is 79.7 Å². The van der Waals surface area contributed by atoms with E-state index in [2.05, 4.69) is 74.8 Å². The lowest BCUT2D eigenvalue weighted by molar-refractivity contribution is 0.577. The summed E-state index contributed by atoms with van der Waals surface area (Å²) in [4.78, 5) is 18.9. The molecule has 1 unspecified atom stereocenters. The number of aromatic nitrogens is 5. The molecule has 0 amide bonds. The normalized spacial score (nSPS) is 13.8. The molecule has 7 nitrogen and oxygen atoms in total. The molecule has 1 atom stereocenters. The molecule has 2 aromatic heterocycles. The smallest absolute Gasteiger partial charge is 0.254 e. The number of benzene rings is 3. The number of pyridine rings is 1. The van der Waals surface area contributed by atoms with Crippen molar-refractivity contribution in [2.24, 2.45) is 0 Å². The number of fused-ring (bicyclic) bond motifs is 2. The summed E-state index contributed by atoms with van der Waals surface area (Å²) < 4.78 is 1.81. The van der Waals surface area contributed by atoms with E-state index >= 15 is 0 Å². The van der Waals surface area contributed by atoms with Crippen LogP contribution in [0.2, 0.25) is 0 Å². The monoisotopic (exact) mass is 462 g/mol. The van der Waals surface area contributed by atoms with Gasteiger partial charge in [0, 0.05) is 23.3 Å². The predicted octanol–water partition coefficient (Wildman–Crippen LogP) is 4.28. The minimum atomic E-state index is -0.421. The van der Waals surface area contributed by atoms with Crippen molar-refractivity contribution in [1.82, 2.24) is 25.2 Å². The summed E-state index contributed by atoms with van der Waals surface area (Å²) in [6, 6.07) is 26.3. The van der Waals surface area contributed by atoms with Crippen LogP contribution < -0.4 is 10.5 Å². The van der Waals surface area contributed by atoms with Crippen molar-refractivity contribution in [3.8, 4) is 0 Å². The molecule has 6 rings (SSSR count). The van der Waals surface area contributed by atoms with Crippen LogP contribution in [-0.2, 0) is 19.4 Å². The Morgan fingerprint density at radius 3 is 2.66 bits per heavy atom. The average Bonchev–Trinajstić information content (AvgIpc) is 3.53. The molecule has 35 heavy (non-hydrogen) atoms. The van der Waals surface area contributed by atoms with Gasteiger partial charge in [-0.3, -0.25) is 4.79 Å². The number of tetrazole rings is 1.